The van der Waals surface area contributed by atoms with E-state index in [0.29, 0.717) is 11.5 Å². The second-order valence-electron chi connectivity index (χ2n) is 2.29. The summed E-state index contributed by atoms with van der Waals surface area (Å²) in [5.74, 6) is 0.688. The Kier molecular flexibility index (Phi) is 1.16. The molecular weight excluding hydrogens is 146 g/mol. The van der Waals surface area contributed by atoms with Crippen molar-refractivity contribution in [2.24, 2.45) is 17.4 Å². The highest BCUT2D eigenvalue weighted by molar-refractivity contribution is 5.42. The standard InChI is InChI=1S/C5H7N5O/c1-10-2-6-3-4(10)7-9-8-5(3)11/h2,5,11H,1H3,(H,7,8). The van der Waals surface area contributed by atoms with E-state index < -0.39 is 6.23 Å². The Labute approximate surface area is 62.6 Å². The normalized spacial score (nSPS) is 21.1. The zero-order valence-electron chi connectivity index (χ0n) is 5.89. The SMILES string of the molecule is Cn1cnc2c1NN=NC2O. The minimum absolute atomic E-state index is 0.516. The molecule has 1 atom stereocenters. The van der Waals surface area contributed by atoms with Gasteiger partial charge in [0.1, 0.15) is 5.69 Å². The van der Waals surface area contributed by atoms with E-state index in [4.69, 9.17) is 0 Å². The highest BCUT2D eigenvalue weighted by Gasteiger charge is 2.19. The van der Waals surface area contributed by atoms with E-state index in [1.807, 2.05) is 7.05 Å². The molecule has 2 heterocycles. The third-order valence-electron chi connectivity index (χ3n) is 1.53. The summed E-state index contributed by atoms with van der Waals surface area (Å²) in [6.07, 6.45) is 0.671. The van der Waals surface area contributed by atoms with Crippen molar-refractivity contribution in [2.75, 3.05) is 5.43 Å². The van der Waals surface area contributed by atoms with Gasteiger partial charge in [0.15, 0.2) is 5.82 Å². The van der Waals surface area contributed by atoms with Crippen LogP contribution in [0.1, 0.15) is 11.9 Å². The van der Waals surface area contributed by atoms with E-state index in [-0.39, 0.29) is 0 Å². The summed E-state index contributed by atoms with van der Waals surface area (Å²) in [7, 11) is 1.81. The Hall–Kier alpha value is -1.43. The van der Waals surface area contributed by atoms with Gasteiger partial charge < -0.3 is 9.67 Å². The summed E-state index contributed by atoms with van der Waals surface area (Å²) in [4.78, 5) is 3.93. The molecule has 1 unspecified atom stereocenters. The fourth-order valence-corrected chi connectivity index (χ4v) is 0.959. The van der Waals surface area contributed by atoms with Crippen LogP contribution in [0.15, 0.2) is 16.7 Å². The average molecular weight is 153 g/mol. The highest BCUT2D eigenvalue weighted by atomic mass is 16.3. The summed E-state index contributed by atoms with van der Waals surface area (Å²) in [6, 6.07) is 0. The van der Waals surface area contributed by atoms with Gasteiger partial charge in [-0.25, -0.2) is 10.4 Å². The predicted molar refractivity (Wildman–Crippen MR) is 36.6 cm³/mol. The second-order valence-corrected chi connectivity index (χ2v) is 2.29. The van der Waals surface area contributed by atoms with Crippen LogP contribution >= 0.6 is 0 Å². The minimum atomic E-state index is -0.924. The van der Waals surface area contributed by atoms with Gasteiger partial charge in [-0.2, -0.15) is 0 Å². The monoisotopic (exact) mass is 153 g/mol. The first-order valence-electron chi connectivity index (χ1n) is 3.14. The zero-order chi connectivity index (χ0) is 7.84. The maximum atomic E-state index is 9.20. The first kappa shape index (κ1) is 6.29. The molecule has 0 saturated carbocycles. The molecule has 2 N–H and O–H groups in total. The maximum Gasteiger partial charge on any atom is 0.214 e. The van der Waals surface area contributed by atoms with E-state index in [1.165, 1.54) is 0 Å². The molecule has 0 aromatic carbocycles. The Morgan fingerprint density at radius 1 is 1.73 bits per heavy atom. The van der Waals surface area contributed by atoms with E-state index in [0.717, 1.165) is 0 Å². The Morgan fingerprint density at radius 2 is 2.55 bits per heavy atom. The lowest BCUT2D eigenvalue weighted by Crippen LogP contribution is -2.06. The lowest BCUT2D eigenvalue weighted by molar-refractivity contribution is 0.173. The maximum absolute atomic E-state index is 9.20. The number of nitrogens with zero attached hydrogens (tertiary/aromatic N) is 4. The van der Waals surface area contributed by atoms with Crippen LogP contribution in [0, 0.1) is 0 Å². The molecule has 0 spiro atoms. The molecule has 0 aliphatic carbocycles. The first-order valence-corrected chi connectivity index (χ1v) is 3.14. The molecule has 0 fully saturated rings. The quantitative estimate of drug-likeness (QED) is 0.559. The Morgan fingerprint density at radius 3 is 3.27 bits per heavy atom. The van der Waals surface area contributed by atoms with Crippen molar-refractivity contribution in [1.82, 2.24) is 9.55 Å². The van der Waals surface area contributed by atoms with Gasteiger partial charge in [-0.15, -0.1) is 5.11 Å². The van der Waals surface area contributed by atoms with Crippen molar-refractivity contribution in [2.45, 2.75) is 6.23 Å². The zero-order valence-corrected chi connectivity index (χ0v) is 5.89. The summed E-state index contributed by atoms with van der Waals surface area (Å²) in [5, 5.41) is 16.2. The number of aryl methyl sites for hydroxylation is 1. The minimum Gasteiger partial charge on any atom is -0.365 e. The van der Waals surface area contributed by atoms with Gasteiger partial charge in [-0.3, -0.25) is 0 Å². The van der Waals surface area contributed by atoms with Crippen LogP contribution in [0.3, 0.4) is 0 Å². The fraction of sp³-hybridized carbons (Fsp3) is 0.400. The average Bonchev–Trinajstić information content (AvgIpc) is 2.35. The molecule has 1 aliphatic heterocycles. The molecule has 11 heavy (non-hydrogen) atoms. The van der Waals surface area contributed by atoms with Gasteiger partial charge in [0.05, 0.1) is 6.33 Å². The number of rotatable bonds is 0. The molecule has 1 aliphatic rings. The van der Waals surface area contributed by atoms with E-state index in [2.05, 4.69) is 20.7 Å². The Bertz CT molecular complexity index is 304. The third-order valence-corrected chi connectivity index (χ3v) is 1.53. The van der Waals surface area contributed by atoms with Crippen LogP contribution in [-0.2, 0) is 7.05 Å². The number of aromatic nitrogens is 2. The molecule has 1 aromatic heterocycles. The second kappa shape index (κ2) is 2.03. The number of aliphatic hydroxyl groups is 1. The smallest absolute Gasteiger partial charge is 0.214 e. The molecule has 6 heteroatoms. The van der Waals surface area contributed by atoms with Gasteiger partial charge >= 0.3 is 0 Å². The van der Waals surface area contributed by atoms with Gasteiger partial charge in [-0.05, 0) is 0 Å². The molecule has 0 radical (unpaired) electrons. The molecule has 0 amide bonds. The molecular formula is C5H7N5O. The molecule has 6 nitrogen and oxygen atoms in total. The third kappa shape index (κ3) is 0.795. The summed E-state index contributed by atoms with van der Waals surface area (Å²) in [6.45, 7) is 0. The van der Waals surface area contributed by atoms with Crippen LogP contribution in [-0.4, -0.2) is 14.7 Å². The van der Waals surface area contributed by atoms with Gasteiger partial charge in [-0.1, -0.05) is 5.22 Å². The number of aliphatic hydroxyl groups excluding tert-OH is 1. The summed E-state index contributed by atoms with van der Waals surface area (Å²) >= 11 is 0. The van der Waals surface area contributed by atoms with Crippen LogP contribution in [0.25, 0.3) is 0 Å². The number of fused-ring (bicyclic) bond motifs is 1. The van der Waals surface area contributed by atoms with Gasteiger partial charge in [0.25, 0.3) is 0 Å². The van der Waals surface area contributed by atoms with Gasteiger partial charge in [0.2, 0.25) is 6.23 Å². The van der Waals surface area contributed by atoms with Crippen molar-refractivity contribution in [1.29, 1.82) is 0 Å². The predicted octanol–water partition coefficient (Wildman–Crippen LogP) is 0.204. The number of anilines is 1. The van der Waals surface area contributed by atoms with Crippen molar-refractivity contribution in [3.8, 4) is 0 Å². The van der Waals surface area contributed by atoms with Crippen LogP contribution < -0.4 is 5.43 Å². The number of nitrogens with one attached hydrogen (secondary N) is 1. The molecule has 2 rings (SSSR count). The summed E-state index contributed by atoms with van der Waals surface area (Å²) < 4.78 is 1.73. The van der Waals surface area contributed by atoms with E-state index in [9.17, 15) is 5.11 Å². The summed E-state index contributed by atoms with van der Waals surface area (Å²) in [5.41, 5.74) is 3.16. The number of hydrogen-bond acceptors (Lipinski definition) is 5. The largest absolute Gasteiger partial charge is 0.365 e. The lowest BCUT2D eigenvalue weighted by Gasteiger charge is -2.10. The topological polar surface area (TPSA) is 74.8 Å². The van der Waals surface area contributed by atoms with Crippen LogP contribution in [0.5, 0.6) is 0 Å². The van der Waals surface area contributed by atoms with Crippen molar-refractivity contribution >= 4 is 5.82 Å². The van der Waals surface area contributed by atoms with E-state index in [1.54, 1.807) is 10.9 Å². The van der Waals surface area contributed by atoms with Crippen molar-refractivity contribution in [3.63, 3.8) is 0 Å². The van der Waals surface area contributed by atoms with Crippen LogP contribution in [0.4, 0.5) is 5.82 Å². The molecule has 0 bridgehead atoms. The molecule has 1 aromatic rings. The van der Waals surface area contributed by atoms with E-state index >= 15 is 0 Å². The van der Waals surface area contributed by atoms with Crippen molar-refractivity contribution in [3.05, 3.63) is 12.0 Å². The lowest BCUT2D eigenvalue weighted by atomic mass is 10.4. The first-order chi connectivity index (χ1) is 5.29. The number of hydrogen-bond donors (Lipinski definition) is 2. The fourth-order valence-electron chi connectivity index (χ4n) is 0.959. The van der Waals surface area contributed by atoms with Crippen LogP contribution in [0.2, 0.25) is 0 Å². The number of imidazole rings is 1. The van der Waals surface area contributed by atoms with Crippen molar-refractivity contribution < 1.29 is 5.11 Å². The molecule has 0 saturated heterocycles. The molecule has 58 valence electrons. The van der Waals surface area contributed by atoms with Gasteiger partial charge in [0, 0.05) is 7.05 Å². The Balaban J connectivity index is 2.52. The highest BCUT2D eigenvalue weighted by Crippen LogP contribution is 2.25.